The number of aliphatic imine (C=N–C) groups is 1. The average molecular weight is 251 g/mol. The van der Waals surface area contributed by atoms with E-state index in [9.17, 15) is 4.79 Å². The zero-order valence-electron chi connectivity index (χ0n) is 9.09. The highest BCUT2D eigenvalue weighted by molar-refractivity contribution is 5.56. The van der Waals surface area contributed by atoms with E-state index in [1.807, 2.05) is 0 Å². The molecule has 0 unspecified atom stereocenters. The fraction of sp³-hybridized carbons (Fsp3) is 0.778. The summed E-state index contributed by atoms with van der Waals surface area (Å²) < 4.78 is 4.65. The molecule has 0 aromatic rings. The zero-order chi connectivity index (χ0) is 13.3. The van der Waals surface area contributed by atoms with E-state index >= 15 is 0 Å². The number of hydrogen-bond acceptors (Lipinski definition) is 8. The van der Waals surface area contributed by atoms with E-state index in [1.54, 1.807) is 0 Å². The Balaban J connectivity index is 0.000000419. The van der Waals surface area contributed by atoms with Gasteiger partial charge in [-0.05, 0) is 0 Å². The Kier molecular flexibility index (Phi) is 8.46. The van der Waals surface area contributed by atoms with Crippen molar-refractivity contribution in [2.45, 2.75) is 24.4 Å². The van der Waals surface area contributed by atoms with E-state index in [-0.39, 0.29) is 6.29 Å². The average Bonchev–Trinajstić information content (AvgIpc) is 2.93. The summed E-state index contributed by atoms with van der Waals surface area (Å²) in [4.78, 5) is 13.6. The first-order valence-electron chi connectivity index (χ1n) is 4.93. The van der Waals surface area contributed by atoms with Crippen LogP contribution in [0.1, 0.15) is 0 Å². The van der Waals surface area contributed by atoms with E-state index in [0.717, 1.165) is 13.2 Å². The minimum atomic E-state index is -1.79. The Hall–Kier alpha value is -1.06. The molecule has 8 heteroatoms. The van der Waals surface area contributed by atoms with Crippen LogP contribution in [0, 0.1) is 0 Å². The van der Waals surface area contributed by atoms with Crippen molar-refractivity contribution in [2.75, 3.05) is 19.8 Å². The third-order valence-corrected chi connectivity index (χ3v) is 1.91. The van der Waals surface area contributed by atoms with Gasteiger partial charge in [-0.1, -0.05) is 0 Å². The van der Waals surface area contributed by atoms with Gasteiger partial charge < -0.3 is 35.1 Å². The van der Waals surface area contributed by atoms with E-state index in [1.165, 1.54) is 6.40 Å². The van der Waals surface area contributed by atoms with Gasteiger partial charge in [0, 0.05) is 0 Å². The summed E-state index contributed by atoms with van der Waals surface area (Å²) in [7, 11) is 0. The minimum Gasteiger partial charge on any atom is -0.482 e. The SMILES string of the molecule is C1=NCCO1.O=C[C@H](O)[C@@H](O)[C@H](O)[C@H](O)CO. The second kappa shape index (κ2) is 9.02. The summed E-state index contributed by atoms with van der Waals surface area (Å²) in [5.74, 6) is 0. The van der Waals surface area contributed by atoms with Crippen LogP contribution in [0.4, 0.5) is 0 Å². The molecule has 4 atom stereocenters. The molecular weight excluding hydrogens is 234 g/mol. The Labute approximate surface area is 97.8 Å². The Morgan fingerprint density at radius 3 is 2.24 bits per heavy atom. The third-order valence-electron chi connectivity index (χ3n) is 1.91. The molecule has 0 saturated heterocycles. The predicted octanol–water partition coefficient (Wildman–Crippen LogP) is -3.33. The first-order valence-corrected chi connectivity index (χ1v) is 4.93. The van der Waals surface area contributed by atoms with Crippen molar-refractivity contribution < 1.29 is 35.1 Å². The van der Waals surface area contributed by atoms with Crippen LogP contribution >= 0.6 is 0 Å². The number of carbonyl (C=O) groups is 1. The van der Waals surface area contributed by atoms with Crippen molar-refractivity contribution in [1.82, 2.24) is 0 Å². The van der Waals surface area contributed by atoms with Crippen molar-refractivity contribution in [3.05, 3.63) is 0 Å². The van der Waals surface area contributed by atoms with Gasteiger partial charge in [-0.3, -0.25) is 4.99 Å². The summed E-state index contributed by atoms with van der Waals surface area (Å²) >= 11 is 0. The third kappa shape index (κ3) is 6.29. The van der Waals surface area contributed by atoms with Crippen LogP contribution < -0.4 is 0 Å². The molecule has 0 fully saturated rings. The molecule has 0 radical (unpaired) electrons. The fourth-order valence-electron chi connectivity index (χ4n) is 0.882. The Bertz CT molecular complexity index is 229. The molecule has 17 heavy (non-hydrogen) atoms. The van der Waals surface area contributed by atoms with Gasteiger partial charge in [0.25, 0.3) is 0 Å². The smallest absolute Gasteiger partial charge is 0.169 e. The summed E-state index contributed by atoms with van der Waals surface area (Å²) in [6, 6.07) is 0. The van der Waals surface area contributed by atoms with Crippen LogP contribution in [-0.4, -0.2) is 82.4 Å². The maximum Gasteiger partial charge on any atom is 0.169 e. The van der Waals surface area contributed by atoms with Crippen molar-refractivity contribution in [1.29, 1.82) is 0 Å². The van der Waals surface area contributed by atoms with Gasteiger partial charge in [-0.2, -0.15) is 0 Å². The normalized spacial score (nSPS) is 20.5. The Morgan fingerprint density at radius 1 is 1.29 bits per heavy atom. The molecule has 1 rings (SSSR count). The number of nitrogens with zero attached hydrogens (tertiary/aromatic N) is 1. The van der Waals surface area contributed by atoms with Crippen molar-refractivity contribution in [2.24, 2.45) is 4.99 Å². The van der Waals surface area contributed by atoms with Crippen LogP contribution in [-0.2, 0) is 9.53 Å². The lowest BCUT2D eigenvalue weighted by Crippen LogP contribution is -2.46. The zero-order valence-corrected chi connectivity index (χ0v) is 9.09. The number of carbonyl (C=O) groups excluding carboxylic acids is 1. The summed E-state index contributed by atoms with van der Waals surface area (Å²) in [6.45, 7) is 0.865. The van der Waals surface area contributed by atoms with Crippen LogP contribution in [0.5, 0.6) is 0 Å². The molecule has 1 heterocycles. The molecule has 5 N–H and O–H groups in total. The van der Waals surface area contributed by atoms with Crippen molar-refractivity contribution in [3.8, 4) is 0 Å². The topological polar surface area (TPSA) is 140 Å². The highest BCUT2D eigenvalue weighted by atomic mass is 16.5. The lowest BCUT2D eigenvalue weighted by Gasteiger charge is -2.22. The molecule has 1 aliphatic rings. The van der Waals surface area contributed by atoms with E-state index in [2.05, 4.69) is 9.73 Å². The highest BCUT2D eigenvalue weighted by Crippen LogP contribution is 2.02. The highest BCUT2D eigenvalue weighted by Gasteiger charge is 2.29. The molecule has 0 saturated carbocycles. The number of hydrogen-bond donors (Lipinski definition) is 5. The van der Waals surface area contributed by atoms with Gasteiger partial charge in [0.2, 0.25) is 0 Å². The van der Waals surface area contributed by atoms with E-state index in [0.29, 0.717) is 0 Å². The van der Waals surface area contributed by atoms with Gasteiger partial charge in [0.05, 0.1) is 13.2 Å². The Morgan fingerprint density at radius 2 is 1.94 bits per heavy atom. The number of aliphatic hydroxyl groups excluding tert-OH is 5. The maximum absolute atomic E-state index is 9.90. The van der Waals surface area contributed by atoms with Crippen molar-refractivity contribution in [3.63, 3.8) is 0 Å². The fourth-order valence-corrected chi connectivity index (χ4v) is 0.882. The summed E-state index contributed by atoms with van der Waals surface area (Å²) in [5, 5.41) is 43.5. The standard InChI is InChI=1S/C6H12O6.C3H5NO/c7-1-3(9)5(11)6(12)4(10)2-8;1-2-5-3-4-1/h1,3-6,8-12H,2H2;3H,1-2H2/t3-,4+,5+,6+;/m0./s1. The van der Waals surface area contributed by atoms with Gasteiger partial charge in [0.15, 0.2) is 12.7 Å². The van der Waals surface area contributed by atoms with E-state index < -0.39 is 31.0 Å². The van der Waals surface area contributed by atoms with Gasteiger partial charge in [-0.15, -0.1) is 0 Å². The predicted molar refractivity (Wildman–Crippen MR) is 56.5 cm³/mol. The molecule has 0 aromatic carbocycles. The number of ether oxygens (including phenoxy) is 1. The lowest BCUT2D eigenvalue weighted by atomic mass is 10.0. The van der Waals surface area contributed by atoms with Gasteiger partial charge in [-0.25, -0.2) is 0 Å². The number of rotatable bonds is 5. The molecule has 100 valence electrons. The number of aldehydes is 1. The molecule has 0 spiro atoms. The molecule has 1 aliphatic heterocycles. The molecule has 0 aromatic heterocycles. The first kappa shape index (κ1) is 15.9. The molecule has 8 nitrogen and oxygen atoms in total. The minimum absolute atomic E-state index is 0.0258. The second-order valence-corrected chi connectivity index (χ2v) is 3.24. The molecule has 0 amide bonds. The summed E-state index contributed by atoms with van der Waals surface area (Å²) in [6.07, 6.45) is -5.35. The molecule has 0 aliphatic carbocycles. The molecular formula is C9H17NO7. The largest absolute Gasteiger partial charge is 0.482 e. The quantitative estimate of drug-likeness (QED) is 0.322. The van der Waals surface area contributed by atoms with Crippen LogP contribution in [0.3, 0.4) is 0 Å². The van der Waals surface area contributed by atoms with Crippen molar-refractivity contribution >= 4 is 12.7 Å². The maximum atomic E-state index is 9.90. The second-order valence-electron chi connectivity index (χ2n) is 3.24. The van der Waals surface area contributed by atoms with Gasteiger partial charge in [0.1, 0.15) is 31.0 Å². The lowest BCUT2D eigenvalue weighted by molar-refractivity contribution is -0.136. The number of aliphatic hydroxyl groups is 5. The van der Waals surface area contributed by atoms with Gasteiger partial charge >= 0.3 is 0 Å². The van der Waals surface area contributed by atoms with Crippen LogP contribution in [0.15, 0.2) is 4.99 Å². The monoisotopic (exact) mass is 251 g/mol. The first-order chi connectivity index (χ1) is 8.04. The van der Waals surface area contributed by atoms with Crippen LogP contribution in [0.2, 0.25) is 0 Å². The van der Waals surface area contributed by atoms with E-state index in [4.69, 9.17) is 25.5 Å². The summed E-state index contributed by atoms with van der Waals surface area (Å²) in [5.41, 5.74) is 0. The van der Waals surface area contributed by atoms with Crippen LogP contribution in [0.25, 0.3) is 0 Å². The molecule has 0 bridgehead atoms.